The van der Waals surface area contributed by atoms with Gasteiger partial charge in [-0.05, 0) is 62.3 Å². The number of carbonyl (C=O) groups excluding carboxylic acids is 2. The minimum Gasteiger partial charge on any atom is -0.342 e. The van der Waals surface area contributed by atoms with Crippen LogP contribution in [0, 0.1) is 25.7 Å². The second kappa shape index (κ2) is 8.66. The molecular weight excluding hydrogens is 418 g/mol. The summed E-state index contributed by atoms with van der Waals surface area (Å²) in [6.07, 6.45) is 3.51. The molecule has 2 aliphatic rings. The summed E-state index contributed by atoms with van der Waals surface area (Å²) < 4.78 is 1.14. The SMILES string of the molecule is Cc1cc(C)c2sc(N(Cc3ccccc3)C(=O)C3CCN(C(=O)C4CC4)CC3)nc2c1. The Labute approximate surface area is 193 Å². The topological polar surface area (TPSA) is 53.5 Å². The van der Waals surface area contributed by atoms with Crippen molar-refractivity contribution in [2.45, 2.75) is 46.1 Å². The smallest absolute Gasteiger partial charge is 0.232 e. The quantitative estimate of drug-likeness (QED) is 0.547. The highest BCUT2D eigenvalue weighted by atomic mass is 32.1. The molecule has 0 spiro atoms. The second-order valence-corrected chi connectivity index (χ2v) is 10.2. The van der Waals surface area contributed by atoms with Crippen molar-refractivity contribution in [2.24, 2.45) is 11.8 Å². The molecule has 166 valence electrons. The van der Waals surface area contributed by atoms with Crippen LogP contribution in [0.4, 0.5) is 5.13 Å². The van der Waals surface area contributed by atoms with E-state index < -0.39 is 0 Å². The summed E-state index contributed by atoms with van der Waals surface area (Å²) in [5.41, 5.74) is 4.43. The van der Waals surface area contributed by atoms with Gasteiger partial charge in [0.2, 0.25) is 11.8 Å². The summed E-state index contributed by atoms with van der Waals surface area (Å²) in [6.45, 7) is 6.06. The number of hydrogen-bond donors (Lipinski definition) is 0. The molecule has 1 aliphatic carbocycles. The van der Waals surface area contributed by atoms with Crippen LogP contribution in [0.1, 0.15) is 42.4 Å². The summed E-state index contributed by atoms with van der Waals surface area (Å²) in [6, 6.07) is 14.4. The number of piperidine rings is 1. The minimum atomic E-state index is -0.0724. The van der Waals surface area contributed by atoms with Crippen molar-refractivity contribution in [1.29, 1.82) is 0 Å². The predicted molar refractivity (Wildman–Crippen MR) is 129 cm³/mol. The highest BCUT2D eigenvalue weighted by molar-refractivity contribution is 7.22. The number of rotatable bonds is 5. The Balaban J connectivity index is 1.40. The van der Waals surface area contributed by atoms with E-state index in [1.165, 1.54) is 11.1 Å². The van der Waals surface area contributed by atoms with Crippen LogP contribution in [0.3, 0.4) is 0 Å². The van der Waals surface area contributed by atoms with Crippen LogP contribution < -0.4 is 4.90 Å². The molecule has 0 unspecified atom stereocenters. The summed E-state index contributed by atoms with van der Waals surface area (Å²) >= 11 is 1.60. The van der Waals surface area contributed by atoms with Gasteiger partial charge in [0, 0.05) is 24.9 Å². The van der Waals surface area contributed by atoms with Crippen LogP contribution in [0.15, 0.2) is 42.5 Å². The normalized spacial score (nSPS) is 17.0. The lowest BCUT2D eigenvalue weighted by Gasteiger charge is -2.33. The largest absolute Gasteiger partial charge is 0.342 e. The van der Waals surface area contributed by atoms with E-state index in [9.17, 15) is 9.59 Å². The molecule has 5 nitrogen and oxygen atoms in total. The number of anilines is 1. The number of carbonyl (C=O) groups is 2. The van der Waals surface area contributed by atoms with Crippen molar-refractivity contribution in [3.63, 3.8) is 0 Å². The van der Waals surface area contributed by atoms with Crippen molar-refractivity contribution in [1.82, 2.24) is 9.88 Å². The highest BCUT2D eigenvalue weighted by Crippen LogP contribution is 2.36. The van der Waals surface area contributed by atoms with Gasteiger partial charge in [-0.1, -0.05) is 47.7 Å². The second-order valence-electron chi connectivity index (χ2n) is 9.21. The van der Waals surface area contributed by atoms with E-state index in [1.54, 1.807) is 11.3 Å². The Morgan fingerprint density at radius 2 is 1.75 bits per heavy atom. The molecule has 0 atom stereocenters. The molecule has 1 aromatic heterocycles. The van der Waals surface area contributed by atoms with Crippen molar-refractivity contribution >= 4 is 38.5 Å². The first-order valence-corrected chi connectivity index (χ1v) is 12.3. The molecule has 5 rings (SSSR count). The van der Waals surface area contributed by atoms with E-state index in [1.807, 2.05) is 28.0 Å². The van der Waals surface area contributed by atoms with Crippen LogP contribution in [0.2, 0.25) is 0 Å². The van der Waals surface area contributed by atoms with Gasteiger partial charge < -0.3 is 4.90 Å². The summed E-state index contributed by atoms with van der Waals surface area (Å²) in [5, 5.41) is 0.763. The lowest BCUT2D eigenvalue weighted by atomic mass is 9.95. The molecule has 0 bridgehead atoms. The molecule has 2 heterocycles. The van der Waals surface area contributed by atoms with E-state index in [0.29, 0.717) is 19.6 Å². The first-order chi connectivity index (χ1) is 15.5. The number of likely N-dealkylation sites (tertiary alicyclic amines) is 1. The van der Waals surface area contributed by atoms with Crippen LogP contribution in [0.5, 0.6) is 0 Å². The zero-order chi connectivity index (χ0) is 22.2. The number of benzene rings is 2. The number of amides is 2. The Bertz CT molecular complexity index is 1140. The third kappa shape index (κ3) is 4.29. The molecule has 1 aliphatic heterocycles. The number of fused-ring (bicyclic) bond motifs is 1. The average molecular weight is 448 g/mol. The van der Waals surface area contributed by atoms with Gasteiger partial charge in [-0.3, -0.25) is 14.5 Å². The molecule has 2 amide bonds. The average Bonchev–Trinajstić information content (AvgIpc) is 3.56. The Hall–Kier alpha value is -2.73. The first kappa shape index (κ1) is 21.1. The summed E-state index contributed by atoms with van der Waals surface area (Å²) in [4.78, 5) is 34.9. The lowest BCUT2D eigenvalue weighted by molar-refractivity contribution is -0.136. The van der Waals surface area contributed by atoms with Gasteiger partial charge in [0.05, 0.1) is 16.8 Å². The minimum absolute atomic E-state index is 0.0724. The molecule has 2 fully saturated rings. The van der Waals surface area contributed by atoms with Gasteiger partial charge in [-0.25, -0.2) is 4.98 Å². The Morgan fingerprint density at radius 1 is 1.03 bits per heavy atom. The lowest BCUT2D eigenvalue weighted by Crippen LogP contribution is -2.44. The van der Waals surface area contributed by atoms with Crippen LogP contribution in [-0.4, -0.2) is 34.8 Å². The fraction of sp³-hybridized carbons (Fsp3) is 0.423. The van der Waals surface area contributed by atoms with Gasteiger partial charge >= 0.3 is 0 Å². The van der Waals surface area contributed by atoms with Gasteiger partial charge in [0.25, 0.3) is 0 Å². The maximum atomic E-state index is 13.7. The molecule has 1 saturated heterocycles. The third-order valence-electron chi connectivity index (χ3n) is 6.57. The number of hydrogen-bond acceptors (Lipinski definition) is 4. The molecule has 0 N–H and O–H groups in total. The van der Waals surface area contributed by atoms with Crippen molar-refractivity contribution in [2.75, 3.05) is 18.0 Å². The third-order valence-corrected chi connectivity index (χ3v) is 7.80. The monoisotopic (exact) mass is 447 g/mol. The maximum absolute atomic E-state index is 13.7. The van der Waals surface area contributed by atoms with E-state index in [0.717, 1.165) is 46.6 Å². The highest BCUT2D eigenvalue weighted by Gasteiger charge is 2.37. The molecular formula is C26H29N3O2S. The standard InChI is InChI=1S/C26H29N3O2S/c1-17-14-18(2)23-22(15-17)27-26(32-23)29(16-19-6-4-3-5-7-19)25(31)21-10-12-28(13-11-21)24(30)20-8-9-20/h3-7,14-15,20-21H,8-13,16H2,1-2H3. The Kier molecular flexibility index (Phi) is 5.72. The molecule has 2 aromatic carbocycles. The predicted octanol–water partition coefficient (Wildman–Crippen LogP) is 5.09. The molecule has 6 heteroatoms. The molecule has 1 saturated carbocycles. The van der Waals surface area contributed by atoms with E-state index in [2.05, 4.69) is 38.1 Å². The fourth-order valence-electron chi connectivity index (χ4n) is 4.64. The summed E-state index contributed by atoms with van der Waals surface area (Å²) in [7, 11) is 0. The Morgan fingerprint density at radius 3 is 2.44 bits per heavy atom. The van der Waals surface area contributed by atoms with E-state index >= 15 is 0 Å². The van der Waals surface area contributed by atoms with Crippen molar-refractivity contribution in [3.8, 4) is 0 Å². The van der Waals surface area contributed by atoms with E-state index in [4.69, 9.17) is 4.98 Å². The van der Waals surface area contributed by atoms with Gasteiger partial charge in [-0.15, -0.1) is 0 Å². The number of aryl methyl sites for hydroxylation is 2. The number of aromatic nitrogens is 1. The molecule has 3 aromatic rings. The zero-order valence-corrected chi connectivity index (χ0v) is 19.5. The van der Waals surface area contributed by atoms with Gasteiger partial charge in [-0.2, -0.15) is 0 Å². The summed E-state index contributed by atoms with van der Waals surface area (Å²) in [5.74, 6) is 0.581. The fourth-order valence-corrected chi connectivity index (χ4v) is 5.66. The van der Waals surface area contributed by atoms with E-state index in [-0.39, 0.29) is 23.7 Å². The zero-order valence-electron chi connectivity index (χ0n) is 18.7. The van der Waals surface area contributed by atoms with Crippen LogP contribution in [-0.2, 0) is 16.1 Å². The van der Waals surface area contributed by atoms with Crippen molar-refractivity contribution in [3.05, 3.63) is 59.2 Å². The number of nitrogens with zero attached hydrogens (tertiary/aromatic N) is 3. The van der Waals surface area contributed by atoms with Gasteiger partial charge in [0.15, 0.2) is 5.13 Å². The molecule has 32 heavy (non-hydrogen) atoms. The first-order valence-electron chi connectivity index (χ1n) is 11.5. The van der Waals surface area contributed by atoms with Crippen molar-refractivity contribution < 1.29 is 9.59 Å². The maximum Gasteiger partial charge on any atom is 0.232 e. The van der Waals surface area contributed by atoms with Gasteiger partial charge in [0.1, 0.15) is 0 Å². The molecule has 0 radical (unpaired) electrons. The van der Waals surface area contributed by atoms with Crippen LogP contribution >= 0.6 is 11.3 Å². The number of thiazole rings is 1. The van der Waals surface area contributed by atoms with Crippen LogP contribution in [0.25, 0.3) is 10.2 Å².